The van der Waals surface area contributed by atoms with Gasteiger partial charge in [-0.3, -0.25) is 4.79 Å². The summed E-state index contributed by atoms with van der Waals surface area (Å²) in [6.07, 6.45) is 0.555. The van der Waals surface area contributed by atoms with Crippen LogP contribution in [0.15, 0.2) is 28.7 Å². The number of nitrogens with one attached hydrogen (secondary N) is 1. The minimum Gasteiger partial charge on any atom is -0.494 e. The number of carboxylic acid groups (broad SMARTS) is 1. The van der Waals surface area contributed by atoms with Crippen LogP contribution in [0.4, 0.5) is 0 Å². The van der Waals surface area contributed by atoms with Crippen molar-refractivity contribution in [3.63, 3.8) is 0 Å². The van der Waals surface area contributed by atoms with Gasteiger partial charge in [0.15, 0.2) is 0 Å². The van der Waals surface area contributed by atoms with Crippen LogP contribution in [-0.2, 0) is 17.8 Å². The normalized spacial score (nSPS) is 15.7. The van der Waals surface area contributed by atoms with Crippen molar-refractivity contribution >= 4 is 11.9 Å². The van der Waals surface area contributed by atoms with Crippen LogP contribution in [0.2, 0.25) is 0 Å². The molecule has 3 rings (SSSR count). The maximum absolute atomic E-state index is 12.4. The first kappa shape index (κ1) is 17.8. The van der Waals surface area contributed by atoms with Gasteiger partial charge >= 0.3 is 5.97 Å². The molecule has 2 heterocycles. The molecule has 2 N–H and O–H groups in total. The first-order valence-corrected chi connectivity index (χ1v) is 8.46. The summed E-state index contributed by atoms with van der Waals surface area (Å²) >= 11 is 0. The quantitative estimate of drug-likeness (QED) is 0.822. The van der Waals surface area contributed by atoms with Gasteiger partial charge in [-0.25, -0.2) is 4.79 Å². The molecule has 0 spiro atoms. The fourth-order valence-electron chi connectivity index (χ4n) is 2.96. The summed E-state index contributed by atoms with van der Waals surface area (Å²) in [7, 11) is 0. The summed E-state index contributed by atoms with van der Waals surface area (Å²) in [4.78, 5) is 23.5. The molecule has 1 aromatic carbocycles. The van der Waals surface area contributed by atoms with E-state index in [9.17, 15) is 9.59 Å². The first-order valence-electron chi connectivity index (χ1n) is 8.46. The lowest BCUT2D eigenvalue weighted by Crippen LogP contribution is -2.37. The SMILES string of the molecule is CCOc1ccc2c(c1)CC(C(=O)NCc1cc(C(=O)O)c(C)o1)CO2. The number of carbonyl (C=O) groups excluding carboxylic acids is 1. The van der Waals surface area contributed by atoms with Crippen molar-refractivity contribution in [1.82, 2.24) is 5.32 Å². The minimum atomic E-state index is -1.05. The third-order valence-corrected chi connectivity index (χ3v) is 4.26. The van der Waals surface area contributed by atoms with Gasteiger partial charge in [0, 0.05) is 0 Å². The number of ether oxygens (including phenoxy) is 2. The number of aryl methyl sites for hydroxylation is 1. The van der Waals surface area contributed by atoms with Crippen molar-refractivity contribution in [2.75, 3.05) is 13.2 Å². The molecule has 0 radical (unpaired) electrons. The van der Waals surface area contributed by atoms with Crippen LogP contribution >= 0.6 is 0 Å². The van der Waals surface area contributed by atoms with E-state index in [0.29, 0.717) is 31.2 Å². The van der Waals surface area contributed by atoms with E-state index in [4.69, 9.17) is 19.0 Å². The third-order valence-electron chi connectivity index (χ3n) is 4.26. The number of amides is 1. The van der Waals surface area contributed by atoms with Crippen molar-refractivity contribution < 1.29 is 28.6 Å². The number of carbonyl (C=O) groups is 2. The van der Waals surface area contributed by atoms with Gasteiger partial charge in [-0.2, -0.15) is 0 Å². The van der Waals surface area contributed by atoms with Gasteiger partial charge in [0.2, 0.25) is 5.91 Å². The lowest BCUT2D eigenvalue weighted by Gasteiger charge is -2.25. The van der Waals surface area contributed by atoms with E-state index < -0.39 is 5.97 Å². The van der Waals surface area contributed by atoms with Gasteiger partial charge in [-0.05, 0) is 50.1 Å². The number of fused-ring (bicyclic) bond motifs is 1. The Morgan fingerprint density at radius 1 is 1.35 bits per heavy atom. The Morgan fingerprint density at radius 2 is 2.15 bits per heavy atom. The van der Waals surface area contributed by atoms with E-state index in [0.717, 1.165) is 17.1 Å². The zero-order valence-electron chi connectivity index (χ0n) is 14.7. The predicted molar refractivity (Wildman–Crippen MR) is 92.6 cm³/mol. The molecule has 0 saturated heterocycles. The molecule has 138 valence electrons. The standard InChI is InChI=1S/C19H21NO6/c1-3-24-14-4-5-17-12(7-14)6-13(10-25-17)18(21)20-9-15-8-16(19(22)23)11(2)26-15/h4-5,7-8,13H,3,6,9-10H2,1-2H3,(H,20,21)(H,22,23). The van der Waals surface area contributed by atoms with Crippen LogP contribution < -0.4 is 14.8 Å². The van der Waals surface area contributed by atoms with E-state index in [-0.39, 0.29) is 23.9 Å². The highest BCUT2D eigenvalue weighted by molar-refractivity contribution is 5.88. The molecular weight excluding hydrogens is 338 g/mol. The molecule has 1 aliphatic rings. The van der Waals surface area contributed by atoms with E-state index in [2.05, 4.69) is 5.32 Å². The second-order valence-corrected chi connectivity index (χ2v) is 6.12. The number of hydrogen-bond donors (Lipinski definition) is 2. The maximum atomic E-state index is 12.4. The molecule has 2 aromatic rings. The summed E-state index contributed by atoms with van der Waals surface area (Å²) in [6.45, 7) is 4.50. The summed E-state index contributed by atoms with van der Waals surface area (Å²) in [5, 5.41) is 11.8. The van der Waals surface area contributed by atoms with E-state index >= 15 is 0 Å². The van der Waals surface area contributed by atoms with Crippen molar-refractivity contribution in [3.8, 4) is 11.5 Å². The second-order valence-electron chi connectivity index (χ2n) is 6.12. The average Bonchev–Trinajstić information content (AvgIpc) is 3.00. The van der Waals surface area contributed by atoms with Crippen LogP contribution in [0.1, 0.15) is 34.4 Å². The highest BCUT2D eigenvalue weighted by Gasteiger charge is 2.26. The topological polar surface area (TPSA) is 98.0 Å². The Kier molecular flexibility index (Phi) is 5.16. The number of rotatable bonds is 6. The number of aromatic carboxylic acids is 1. The van der Waals surface area contributed by atoms with Gasteiger partial charge < -0.3 is 24.3 Å². The molecule has 0 fully saturated rings. The zero-order valence-corrected chi connectivity index (χ0v) is 14.7. The van der Waals surface area contributed by atoms with Crippen molar-refractivity contribution in [2.45, 2.75) is 26.8 Å². The first-order chi connectivity index (χ1) is 12.5. The smallest absolute Gasteiger partial charge is 0.339 e. The number of benzene rings is 1. The summed E-state index contributed by atoms with van der Waals surface area (Å²) < 4.78 is 16.5. The maximum Gasteiger partial charge on any atom is 0.339 e. The number of furan rings is 1. The molecule has 1 aromatic heterocycles. The Labute approximate surface area is 150 Å². The minimum absolute atomic E-state index is 0.104. The van der Waals surface area contributed by atoms with Crippen LogP contribution in [0.3, 0.4) is 0 Å². The molecule has 1 unspecified atom stereocenters. The van der Waals surface area contributed by atoms with E-state index in [1.165, 1.54) is 6.07 Å². The fourth-order valence-corrected chi connectivity index (χ4v) is 2.96. The van der Waals surface area contributed by atoms with Gasteiger partial charge in [-0.15, -0.1) is 0 Å². The molecular formula is C19H21NO6. The molecule has 26 heavy (non-hydrogen) atoms. The molecule has 1 aliphatic heterocycles. The average molecular weight is 359 g/mol. The van der Waals surface area contributed by atoms with Crippen LogP contribution in [0, 0.1) is 12.8 Å². The third kappa shape index (κ3) is 3.82. The molecule has 0 bridgehead atoms. The van der Waals surface area contributed by atoms with Gasteiger partial charge in [0.1, 0.15) is 35.2 Å². The van der Waals surface area contributed by atoms with Gasteiger partial charge in [-0.1, -0.05) is 0 Å². The Balaban J connectivity index is 1.61. The summed E-state index contributed by atoms with van der Waals surface area (Å²) in [5.41, 5.74) is 1.04. The molecule has 7 nitrogen and oxygen atoms in total. The Bertz CT molecular complexity index is 825. The van der Waals surface area contributed by atoms with Gasteiger partial charge in [0.05, 0.1) is 19.1 Å². The molecule has 0 aliphatic carbocycles. The zero-order chi connectivity index (χ0) is 18.7. The van der Waals surface area contributed by atoms with E-state index in [1.807, 2.05) is 25.1 Å². The molecule has 0 saturated carbocycles. The lowest BCUT2D eigenvalue weighted by atomic mass is 9.96. The van der Waals surface area contributed by atoms with Gasteiger partial charge in [0.25, 0.3) is 0 Å². The van der Waals surface area contributed by atoms with Crippen molar-refractivity contribution in [3.05, 3.63) is 46.9 Å². The number of carboxylic acids is 1. The summed E-state index contributed by atoms with van der Waals surface area (Å²) in [6, 6.07) is 7.03. The molecule has 1 atom stereocenters. The van der Waals surface area contributed by atoms with Crippen molar-refractivity contribution in [2.24, 2.45) is 5.92 Å². The predicted octanol–water partition coefficient (Wildman–Crippen LogP) is 2.55. The molecule has 1 amide bonds. The monoisotopic (exact) mass is 359 g/mol. The second kappa shape index (κ2) is 7.51. The summed E-state index contributed by atoms with van der Waals surface area (Å²) in [5.74, 6) is 0.710. The van der Waals surface area contributed by atoms with Crippen LogP contribution in [-0.4, -0.2) is 30.2 Å². The lowest BCUT2D eigenvalue weighted by molar-refractivity contribution is -0.126. The Morgan fingerprint density at radius 3 is 2.85 bits per heavy atom. The van der Waals surface area contributed by atoms with Crippen molar-refractivity contribution in [1.29, 1.82) is 0 Å². The molecule has 7 heteroatoms. The largest absolute Gasteiger partial charge is 0.494 e. The highest BCUT2D eigenvalue weighted by Crippen LogP contribution is 2.31. The number of hydrogen-bond acceptors (Lipinski definition) is 5. The Hall–Kier alpha value is -2.96. The van der Waals surface area contributed by atoms with E-state index in [1.54, 1.807) is 6.92 Å². The van der Waals surface area contributed by atoms with Crippen LogP contribution in [0.25, 0.3) is 0 Å². The highest BCUT2D eigenvalue weighted by atomic mass is 16.5. The fraction of sp³-hybridized carbons (Fsp3) is 0.368. The van der Waals surface area contributed by atoms with Crippen LogP contribution in [0.5, 0.6) is 11.5 Å².